The first-order valence-electron chi connectivity index (χ1n) is 8.31. The monoisotopic (exact) mass is 395 g/mol. The fraction of sp³-hybridized carbons (Fsp3) is 0.556. The van der Waals surface area contributed by atoms with Crippen molar-refractivity contribution in [3.63, 3.8) is 0 Å². The molecule has 1 unspecified atom stereocenters. The molecule has 130 valence electrons. The quantitative estimate of drug-likeness (QED) is 0.845. The molecule has 1 spiro atoms. The van der Waals surface area contributed by atoms with E-state index in [1.807, 2.05) is 30.9 Å². The molecule has 1 atom stereocenters. The van der Waals surface area contributed by atoms with Crippen LogP contribution >= 0.6 is 15.9 Å². The molecule has 1 aromatic carbocycles. The third-order valence-corrected chi connectivity index (χ3v) is 5.56. The zero-order valence-electron chi connectivity index (χ0n) is 13.9. The zero-order chi connectivity index (χ0) is 17.5. The highest BCUT2D eigenvalue weighted by Gasteiger charge is 2.59. The Morgan fingerprint density at radius 3 is 2.54 bits per heavy atom. The molecule has 1 aliphatic heterocycles. The molecule has 1 amide bonds. The van der Waals surface area contributed by atoms with Crippen molar-refractivity contribution in [2.45, 2.75) is 39.2 Å². The lowest BCUT2D eigenvalue weighted by Gasteiger charge is -2.33. The second-order valence-corrected chi connectivity index (χ2v) is 7.97. The number of amides is 1. The molecule has 1 saturated heterocycles. The summed E-state index contributed by atoms with van der Waals surface area (Å²) in [6.07, 6.45) is 2.28. The summed E-state index contributed by atoms with van der Waals surface area (Å²) >= 11 is 3.41. The Morgan fingerprint density at radius 1 is 1.33 bits per heavy atom. The Bertz CT molecular complexity index is 665. The molecule has 24 heavy (non-hydrogen) atoms. The summed E-state index contributed by atoms with van der Waals surface area (Å²) in [5, 5.41) is 9.17. The minimum atomic E-state index is -0.699. The van der Waals surface area contributed by atoms with Crippen LogP contribution in [0.5, 0.6) is 5.75 Å². The fourth-order valence-corrected chi connectivity index (χ4v) is 3.94. The van der Waals surface area contributed by atoms with Gasteiger partial charge in [-0.2, -0.15) is 0 Å². The standard InChI is InChI=1S/C18H22BrNO4/c1-11(2)24-15-9-12(19)3-4-13(15)16(21)20-7-5-18(6-8-20)10-14(18)17(22)23/h3-4,9,11,14H,5-8,10H2,1-2H3,(H,22,23). The molecule has 0 aromatic heterocycles. The van der Waals surface area contributed by atoms with Crippen LogP contribution in [0.15, 0.2) is 22.7 Å². The molecule has 1 aromatic rings. The maximum absolute atomic E-state index is 12.9. The van der Waals surface area contributed by atoms with Crippen molar-refractivity contribution in [3.8, 4) is 5.75 Å². The number of nitrogens with zero attached hydrogens (tertiary/aromatic N) is 1. The highest BCUT2D eigenvalue weighted by Crippen LogP contribution is 2.59. The molecule has 1 heterocycles. The third kappa shape index (κ3) is 3.29. The van der Waals surface area contributed by atoms with E-state index >= 15 is 0 Å². The number of halogens is 1. The summed E-state index contributed by atoms with van der Waals surface area (Å²) < 4.78 is 6.65. The first-order valence-corrected chi connectivity index (χ1v) is 9.10. The number of carboxylic acid groups (broad SMARTS) is 1. The van der Waals surface area contributed by atoms with Crippen LogP contribution in [0.4, 0.5) is 0 Å². The van der Waals surface area contributed by atoms with Gasteiger partial charge in [0, 0.05) is 17.6 Å². The average molecular weight is 396 g/mol. The number of carbonyl (C=O) groups excluding carboxylic acids is 1. The maximum Gasteiger partial charge on any atom is 0.307 e. The van der Waals surface area contributed by atoms with Crippen LogP contribution in [0, 0.1) is 11.3 Å². The van der Waals surface area contributed by atoms with Crippen molar-refractivity contribution in [2.75, 3.05) is 13.1 Å². The number of carbonyl (C=O) groups is 2. The molecule has 1 aliphatic carbocycles. The van der Waals surface area contributed by atoms with Gasteiger partial charge in [0.15, 0.2) is 0 Å². The van der Waals surface area contributed by atoms with Gasteiger partial charge in [-0.15, -0.1) is 0 Å². The summed E-state index contributed by atoms with van der Waals surface area (Å²) in [7, 11) is 0. The summed E-state index contributed by atoms with van der Waals surface area (Å²) in [6, 6.07) is 5.44. The van der Waals surface area contributed by atoms with Gasteiger partial charge in [0.05, 0.1) is 17.6 Å². The lowest BCUT2D eigenvalue weighted by atomic mass is 9.90. The Kier molecular flexibility index (Phi) is 4.60. The number of ether oxygens (including phenoxy) is 1. The number of hydrogen-bond donors (Lipinski definition) is 1. The summed E-state index contributed by atoms with van der Waals surface area (Å²) in [6.45, 7) is 5.08. The maximum atomic E-state index is 12.9. The molecule has 2 fully saturated rings. The van der Waals surface area contributed by atoms with Crippen molar-refractivity contribution in [1.82, 2.24) is 4.90 Å². The Hall–Kier alpha value is -1.56. The molecule has 1 saturated carbocycles. The van der Waals surface area contributed by atoms with Crippen LogP contribution in [-0.2, 0) is 4.79 Å². The third-order valence-electron chi connectivity index (χ3n) is 5.07. The molecule has 1 N–H and O–H groups in total. The molecule has 6 heteroatoms. The summed E-state index contributed by atoms with van der Waals surface area (Å²) in [4.78, 5) is 25.8. The second-order valence-electron chi connectivity index (χ2n) is 7.06. The molecule has 3 rings (SSSR count). The van der Waals surface area contributed by atoms with Crippen molar-refractivity contribution in [3.05, 3.63) is 28.2 Å². The largest absolute Gasteiger partial charge is 0.490 e. The number of benzene rings is 1. The molecule has 0 bridgehead atoms. The second kappa shape index (κ2) is 6.39. The van der Waals surface area contributed by atoms with Gasteiger partial charge in [0.25, 0.3) is 5.91 Å². The van der Waals surface area contributed by atoms with Crippen molar-refractivity contribution in [1.29, 1.82) is 0 Å². The molecule has 2 aliphatic rings. The predicted molar refractivity (Wildman–Crippen MR) is 93.2 cm³/mol. The predicted octanol–water partition coefficient (Wildman–Crippen LogP) is 3.56. The minimum absolute atomic E-state index is 0.0155. The van der Waals surface area contributed by atoms with E-state index in [-0.39, 0.29) is 23.3 Å². The van der Waals surface area contributed by atoms with E-state index in [9.17, 15) is 9.59 Å². The van der Waals surface area contributed by atoms with Gasteiger partial charge in [-0.25, -0.2) is 0 Å². The van der Waals surface area contributed by atoms with E-state index < -0.39 is 5.97 Å². The van der Waals surface area contributed by atoms with Crippen LogP contribution in [0.1, 0.15) is 43.5 Å². The number of rotatable bonds is 4. The highest BCUT2D eigenvalue weighted by atomic mass is 79.9. The number of likely N-dealkylation sites (tertiary alicyclic amines) is 1. The van der Waals surface area contributed by atoms with Crippen molar-refractivity contribution < 1.29 is 19.4 Å². The normalized spacial score (nSPS) is 21.8. The first kappa shape index (κ1) is 17.3. The van der Waals surface area contributed by atoms with Crippen molar-refractivity contribution >= 4 is 27.8 Å². The van der Waals surface area contributed by atoms with Crippen LogP contribution in [0.3, 0.4) is 0 Å². The molecular weight excluding hydrogens is 374 g/mol. The van der Waals surface area contributed by atoms with Gasteiger partial charge in [-0.3, -0.25) is 9.59 Å². The van der Waals surface area contributed by atoms with E-state index in [4.69, 9.17) is 9.84 Å². The zero-order valence-corrected chi connectivity index (χ0v) is 15.5. The summed E-state index contributed by atoms with van der Waals surface area (Å²) in [5.74, 6) is -0.377. The average Bonchev–Trinajstić information content (AvgIpc) is 3.21. The fourth-order valence-electron chi connectivity index (χ4n) is 3.60. The van der Waals surface area contributed by atoms with Crippen LogP contribution in [0.25, 0.3) is 0 Å². The van der Waals surface area contributed by atoms with Crippen molar-refractivity contribution in [2.24, 2.45) is 11.3 Å². The van der Waals surface area contributed by atoms with E-state index in [1.54, 1.807) is 6.07 Å². The molecule has 0 radical (unpaired) electrons. The SMILES string of the molecule is CC(C)Oc1cc(Br)ccc1C(=O)N1CCC2(CC1)CC2C(=O)O. The number of carboxylic acids is 1. The Morgan fingerprint density at radius 2 is 2.00 bits per heavy atom. The molecule has 5 nitrogen and oxygen atoms in total. The van der Waals surface area contributed by atoms with E-state index in [0.29, 0.717) is 24.4 Å². The van der Waals surface area contributed by atoms with E-state index in [0.717, 1.165) is 23.7 Å². The summed E-state index contributed by atoms with van der Waals surface area (Å²) in [5.41, 5.74) is 0.494. The van der Waals surface area contributed by atoms with Crippen LogP contribution < -0.4 is 4.74 Å². The number of aliphatic carboxylic acids is 1. The lowest BCUT2D eigenvalue weighted by Crippen LogP contribution is -2.40. The van der Waals surface area contributed by atoms with Gasteiger partial charge in [0.1, 0.15) is 5.75 Å². The number of hydrogen-bond acceptors (Lipinski definition) is 3. The van der Waals surface area contributed by atoms with Crippen LogP contribution in [-0.4, -0.2) is 41.1 Å². The van der Waals surface area contributed by atoms with Gasteiger partial charge in [0.2, 0.25) is 0 Å². The number of piperidine rings is 1. The highest BCUT2D eigenvalue weighted by molar-refractivity contribution is 9.10. The van der Waals surface area contributed by atoms with E-state index in [1.165, 1.54) is 0 Å². The topological polar surface area (TPSA) is 66.8 Å². The van der Waals surface area contributed by atoms with Crippen LogP contribution in [0.2, 0.25) is 0 Å². The Labute approximate surface area is 150 Å². The van der Waals surface area contributed by atoms with E-state index in [2.05, 4.69) is 15.9 Å². The van der Waals surface area contributed by atoms with Gasteiger partial charge in [-0.1, -0.05) is 15.9 Å². The van der Waals surface area contributed by atoms with Gasteiger partial charge < -0.3 is 14.7 Å². The lowest BCUT2D eigenvalue weighted by molar-refractivity contribution is -0.139. The smallest absolute Gasteiger partial charge is 0.307 e. The minimum Gasteiger partial charge on any atom is -0.490 e. The first-order chi connectivity index (χ1) is 11.3. The van der Waals surface area contributed by atoms with Gasteiger partial charge >= 0.3 is 5.97 Å². The van der Waals surface area contributed by atoms with Gasteiger partial charge in [-0.05, 0) is 56.7 Å². The Balaban J connectivity index is 1.71. The molecular formula is C18H22BrNO4.